The number of rotatable bonds is 1. The number of H-pyrrole nitrogens is 1. The van der Waals surface area contributed by atoms with Crippen LogP contribution in [-0.2, 0) is 0 Å². The molecule has 0 spiro atoms. The van der Waals surface area contributed by atoms with Crippen LogP contribution in [-0.4, -0.2) is 14.8 Å². The van der Waals surface area contributed by atoms with Gasteiger partial charge in [-0.05, 0) is 19.1 Å². The third-order valence-corrected chi connectivity index (χ3v) is 3.01. The van der Waals surface area contributed by atoms with Crippen LogP contribution >= 0.6 is 0 Å². The Bertz CT molecular complexity index is 853. The van der Waals surface area contributed by atoms with Crippen molar-refractivity contribution in [3.63, 3.8) is 0 Å². The first-order valence-electron chi connectivity index (χ1n) is 5.79. The molecule has 0 aliphatic carbocycles. The molecular formula is C14H10N4O. The van der Waals surface area contributed by atoms with Gasteiger partial charge >= 0.3 is 0 Å². The van der Waals surface area contributed by atoms with Crippen LogP contribution in [0, 0.1) is 18.3 Å². The molecule has 5 nitrogen and oxygen atoms in total. The van der Waals surface area contributed by atoms with Gasteiger partial charge in [-0.25, -0.2) is 4.68 Å². The van der Waals surface area contributed by atoms with Crippen LogP contribution in [0.25, 0.3) is 16.7 Å². The van der Waals surface area contributed by atoms with Gasteiger partial charge in [-0.3, -0.25) is 4.79 Å². The lowest BCUT2D eigenvalue weighted by Crippen LogP contribution is -2.08. The fourth-order valence-electron chi connectivity index (χ4n) is 2.11. The Hall–Kier alpha value is -2.87. The fourth-order valence-corrected chi connectivity index (χ4v) is 2.11. The van der Waals surface area contributed by atoms with Crippen LogP contribution in [0.4, 0.5) is 0 Å². The number of nitrogens with zero attached hydrogens (tertiary/aromatic N) is 3. The van der Waals surface area contributed by atoms with Crippen LogP contribution in [0.2, 0.25) is 0 Å². The summed E-state index contributed by atoms with van der Waals surface area (Å²) in [6.45, 7) is 1.76. The Labute approximate surface area is 108 Å². The molecule has 1 N–H and O–H groups in total. The maximum atomic E-state index is 12.1. The molecule has 0 fully saturated rings. The molecule has 0 saturated heterocycles. The molecule has 0 aliphatic heterocycles. The lowest BCUT2D eigenvalue weighted by Gasteiger charge is -2.02. The molecule has 0 amide bonds. The van der Waals surface area contributed by atoms with Crippen molar-refractivity contribution in [2.45, 2.75) is 6.92 Å². The largest absolute Gasteiger partial charge is 0.344 e. The number of aryl methyl sites for hydroxylation is 1. The number of benzene rings is 1. The summed E-state index contributed by atoms with van der Waals surface area (Å²) in [7, 11) is 0. The molecule has 19 heavy (non-hydrogen) atoms. The Morgan fingerprint density at radius 1 is 1.32 bits per heavy atom. The second-order valence-electron chi connectivity index (χ2n) is 4.20. The van der Waals surface area contributed by atoms with E-state index in [0.717, 1.165) is 5.69 Å². The number of fused-ring (bicyclic) bond motifs is 1. The molecule has 92 valence electrons. The van der Waals surface area contributed by atoms with Crippen LogP contribution in [0.1, 0.15) is 11.3 Å². The van der Waals surface area contributed by atoms with Crippen molar-refractivity contribution in [3.8, 4) is 11.8 Å². The summed E-state index contributed by atoms with van der Waals surface area (Å²) >= 11 is 0. The molecule has 0 saturated carbocycles. The van der Waals surface area contributed by atoms with E-state index in [1.165, 1.54) is 6.20 Å². The zero-order valence-electron chi connectivity index (χ0n) is 10.2. The quantitative estimate of drug-likeness (QED) is 0.716. The topological polar surface area (TPSA) is 74.5 Å². The van der Waals surface area contributed by atoms with E-state index in [0.29, 0.717) is 16.7 Å². The monoisotopic (exact) mass is 250 g/mol. The number of nitriles is 1. The Kier molecular flexibility index (Phi) is 2.43. The van der Waals surface area contributed by atoms with Gasteiger partial charge in [0.1, 0.15) is 17.3 Å². The minimum Gasteiger partial charge on any atom is -0.344 e. The van der Waals surface area contributed by atoms with Crippen molar-refractivity contribution in [3.05, 3.63) is 58.0 Å². The summed E-state index contributed by atoms with van der Waals surface area (Å²) in [4.78, 5) is 15.1. The molecule has 0 radical (unpaired) electrons. The zero-order chi connectivity index (χ0) is 13.4. The Morgan fingerprint density at radius 3 is 2.74 bits per heavy atom. The summed E-state index contributed by atoms with van der Waals surface area (Å²) in [6, 6.07) is 11.4. The van der Waals surface area contributed by atoms with Crippen molar-refractivity contribution in [2.75, 3.05) is 0 Å². The third kappa shape index (κ3) is 1.62. The summed E-state index contributed by atoms with van der Waals surface area (Å²) in [5.41, 5.74) is 1.89. The number of para-hydroxylation sites is 1. The highest BCUT2D eigenvalue weighted by atomic mass is 16.1. The van der Waals surface area contributed by atoms with Crippen LogP contribution in [0.3, 0.4) is 0 Å². The second kappa shape index (κ2) is 4.10. The first-order valence-corrected chi connectivity index (χ1v) is 5.79. The highest BCUT2D eigenvalue weighted by Crippen LogP contribution is 2.17. The summed E-state index contributed by atoms with van der Waals surface area (Å²) in [6.07, 6.45) is 1.42. The lowest BCUT2D eigenvalue weighted by atomic mass is 10.2. The van der Waals surface area contributed by atoms with E-state index in [-0.39, 0.29) is 11.0 Å². The van der Waals surface area contributed by atoms with Crippen molar-refractivity contribution in [2.24, 2.45) is 0 Å². The average molecular weight is 250 g/mol. The molecular weight excluding hydrogens is 240 g/mol. The smallest absolute Gasteiger partial charge is 0.210 e. The minimum absolute atomic E-state index is 0.100. The molecule has 3 rings (SSSR count). The van der Waals surface area contributed by atoms with Gasteiger partial charge in [0.05, 0.1) is 16.8 Å². The second-order valence-corrected chi connectivity index (χ2v) is 4.20. The molecule has 0 atom stereocenters. The molecule has 2 heterocycles. The van der Waals surface area contributed by atoms with E-state index in [9.17, 15) is 4.79 Å². The predicted molar refractivity (Wildman–Crippen MR) is 71.1 cm³/mol. The van der Waals surface area contributed by atoms with Gasteiger partial charge in [0, 0.05) is 6.20 Å². The lowest BCUT2D eigenvalue weighted by molar-refractivity contribution is 0.877. The number of aromatic nitrogens is 3. The van der Waals surface area contributed by atoms with Crippen LogP contribution < -0.4 is 5.43 Å². The molecule has 0 unspecified atom stereocenters. The summed E-state index contributed by atoms with van der Waals surface area (Å²) in [5, 5.41) is 13.7. The van der Waals surface area contributed by atoms with Gasteiger partial charge in [-0.2, -0.15) is 10.4 Å². The standard InChI is InChI=1S/C14H10N4O/c1-9-12-13(19)10(7-15)8-16-14(12)18(17-9)11-5-3-2-4-6-11/h2-6,8H,1H3,(H,16,19). The van der Waals surface area contributed by atoms with Crippen molar-refractivity contribution >= 4 is 11.0 Å². The number of hydrogen-bond donors (Lipinski definition) is 1. The number of pyridine rings is 1. The van der Waals surface area contributed by atoms with Crippen LogP contribution in [0.15, 0.2) is 41.3 Å². The predicted octanol–water partition coefficient (Wildman–Crippen LogP) is 1.89. The Balaban J connectivity index is 2.40. The summed E-state index contributed by atoms with van der Waals surface area (Å²) < 4.78 is 1.67. The molecule has 5 heteroatoms. The molecule has 0 aliphatic rings. The van der Waals surface area contributed by atoms with Crippen LogP contribution in [0.5, 0.6) is 0 Å². The highest BCUT2D eigenvalue weighted by Gasteiger charge is 2.14. The number of nitrogens with one attached hydrogen (secondary N) is 1. The van der Waals surface area contributed by atoms with Gasteiger partial charge in [0.2, 0.25) is 5.43 Å². The van der Waals surface area contributed by atoms with E-state index in [1.54, 1.807) is 11.6 Å². The van der Waals surface area contributed by atoms with E-state index >= 15 is 0 Å². The minimum atomic E-state index is -0.282. The van der Waals surface area contributed by atoms with Gasteiger partial charge in [0.25, 0.3) is 0 Å². The number of hydrogen-bond acceptors (Lipinski definition) is 3. The molecule has 2 aromatic heterocycles. The number of aromatic amines is 1. The highest BCUT2D eigenvalue weighted by molar-refractivity contribution is 5.80. The maximum Gasteiger partial charge on any atom is 0.210 e. The van der Waals surface area contributed by atoms with Crippen molar-refractivity contribution in [1.29, 1.82) is 5.26 Å². The normalized spacial score (nSPS) is 10.5. The zero-order valence-corrected chi connectivity index (χ0v) is 10.2. The van der Waals surface area contributed by atoms with Crippen molar-refractivity contribution < 1.29 is 0 Å². The van der Waals surface area contributed by atoms with Gasteiger partial charge in [-0.15, -0.1) is 0 Å². The first kappa shape index (κ1) is 11.2. The first-order chi connectivity index (χ1) is 9.22. The maximum absolute atomic E-state index is 12.1. The van der Waals surface area contributed by atoms with E-state index in [1.807, 2.05) is 36.4 Å². The van der Waals surface area contributed by atoms with E-state index < -0.39 is 0 Å². The third-order valence-electron chi connectivity index (χ3n) is 3.01. The average Bonchev–Trinajstić information content (AvgIpc) is 2.78. The Morgan fingerprint density at radius 2 is 2.05 bits per heavy atom. The van der Waals surface area contributed by atoms with Gasteiger partial charge < -0.3 is 4.98 Å². The van der Waals surface area contributed by atoms with Crippen molar-refractivity contribution in [1.82, 2.24) is 14.8 Å². The van der Waals surface area contributed by atoms with E-state index in [4.69, 9.17) is 5.26 Å². The summed E-state index contributed by atoms with van der Waals surface area (Å²) in [5.74, 6) is 0. The fraction of sp³-hybridized carbons (Fsp3) is 0.0714. The van der Waals surface area contributed by atoms with Gasteiger partial charge in [0.15, 0.2) is 0 Å². The SMILES string of the molecule is Cc1nn(-c2ccccc2)c2[nH]cc(C#N)c(=O)c12. The van der Waals surface area contributed by atoms with Gasteiger partial charge in [-0.1, -0.05) is 18.2 Å². The molecule has 0 bridgehead atoms. The molecule has 1 aromatic carbocycles. The molecule has 3 aromatic rings. The van der Waals surface area contributed by atoms with E-state index in [2.05, 4.69) is 10.1 Å².